The first kappa shape index (κ1) is 16.9. The van der Waals surface area contributed by atoms with Crippen LogP contribution in [0.5, 0.6) is 0 Å². The van der Waals surface area contributed by atoms with E-state index in [1.165, 1.54) is 43.5 Å². The zero-order valence-corrected chi connectivity index (χ0v) is 14.6. The summed E-state index contributed by atoms with van der Waals surface area (Å²) in [5, 5.41) is 4.22. The van der Waals surface area contributed by atoms with Crippen molar-refractivity contribution < 1.29 is 4.79 Å². The lowest BCUT2D eigenvalue weighted by Crippen LogP contribution is -2.31. The molecule has 3 rings (SSSR count). The van der Waals surface area contributed by atoms with Crippen molar-refractivity contribution in [3.8, 4) is 0 Å². The number of nitrogens with one attached hydrogen (secondary N) is 1. The number of rotatable bonds is 6. The maximum atomic E-state index is 12.2. The first-order valence-corrected chi connectivity index (χ1v) is 9.06. The summed E-state index contributed by atoms with van der Waals surface area (Å²) < 4.78 is 0. The molecule has 0 saturated carbocycles. The van der Waals surface area contributed by atoms with E-state index in [0.717, 1.165) is 23.9 Å². The molecule has 1 aliphatic heterocycles. The van der Waals surface area contributed by atoms with Crippen LogP contribution in [0.15, 0.2) is 30.5 Å². The Balaban J connectivity index is 1.50. The molecule has 2 aromatic rings. The SMILES string of the molecule is Cc1ccc2ncccc2c1CNC(=O)CCCN1CCCCC1. The van der Waals surface area contributed by atoms with E-state index < -0.39 is 0 Å². The second-order valence-electron chi connectivity index (χ2n) is 6.71. The van der Waals surface area contributed by atoms with Crippen LogP contribution in [0.4, 0.5) is 0 Å². The number of hydrogen-bond acceptors (Lipinski definition) is 3. The van der Waals surface area contributed by atoms with E-state index >= 15 is 0 Å². The highest BCUT2D eigenvalue weighted by Gasteiger charge is 2.11. The average molecular weight is 325 g/mol. The fourth-order valence-electron chi connectivity index (χ4n) is 3.48. The van der Waals surface area contributed by atoms with Gasteiger partial charge in [0.2, 0.25) is 5.91 Å². The first-order valence-electron chi connectivity index (χ1n) is 9.06. The van der Waals surface area contributed by atoms with Gasteiger partial charge in [0.25, 0.3) is 0 Å². The lowest BCUT2D eigenvalue weighted by Gasteiger charge is -2.26. The Hall–Kier alpha value is -1.94. The molecule has 1 aliphatic rings. The van der Waals surface area contributed by atoms with Crippen molar-refractivity contribution in [2.45, 2.75) is 45.6 Å². The minimum atomic E-state index is 0.146. The van der Waals surface area contributed by atoms with Crippen LogP contribution < -0.4 is 5.32 Å². The number of carbonyl (C=O) groups is 1. The van der Waals surface area contributed by atoms with Gasteiger partial charge in [-0.25, -0.2) is 0 Å². The Labute approximate surface area is 144 Å². The Bertz CT molecular complexity index is 692. The van der Waals surface area contributed by atoms with Crippen LogP contribution in [-0.4, -0.2) is 35.4 Å². The van der Waals surface area contributed by atoms with Gasteiger partial charge in [0.15, 0.2) is 0 Å². The fraction of sp³-hybridized carbons (Fsp3) is 0.500. The molecule has 0 spiro atoms. The molecule has 128 valence electrons. The topological polar surface area (TPSA) is 45.2 Å². The van der Waals surface area contributed by atoms with Crippen molar-refractivity contribution in [1.82, 2.24) is 15.2 Å². The van der Waals surface area contributed by atoms with Gasteiger partial charge in [-0.1, -0.05) is 18.6 Å². The summed E-state index contributed by atoms with van der Waals surface area (Å²) in [6, 6.07) is 8.14. The minimum Gasteiger partial charge on any atom is -0.352 e. The van der Waals surface area contributed by atoms with Crippen LogP contribution in [0, 0.1) is 6.92 Å². The number of piperidine rings is 1. The van der Waals surface area contributed by atoms with Gasteiger partial charge in [-0.2, -0.15) is 0 Å². The summed E-state index contributed by atoms with van der Waals surface area (Å²) >= 11 is 0. The molecular weight excluding hydrogens is 298 g/mol. The summed E-state index contributed by atoms with van der Waals surface area (Å²) in [4.78, 5) is 19.0. The Morgan fingerprint density at radius 3 is 2.88 bits per heavy atom. The molecule has 0 aliphatic carbocycles. The molecular formula is C20H27N3O. The number of pyridine rings is 1. The molecule has 1 fully saturated rings. The predicted octanol–water partition coefficient (Wildman–Crippen LogP) is 3.43. The molecule has 0 radical (unpaired) electrons. The molecule has 1 N–H and O–H groups in total. The van der Waals surface area contributed by atoms with Crippen molar-refractivity contribution in [3.05, 3.63) is 41.6 Å². The number of aryl methyl sites for hydroxylation is 1. The molecule has 24 heavy (non-hydrogen) atoms. The summed E-state index contributed by atoms with van der Waals surface area (Å²) in [6.07, 6.45) is 7.33. The molecule has 4 nitrogen and oxygen atoms in total. The van der Waals surface area contributed by atoms with E-state index in [2.05, 4.69) is 34.3 Å². The Morgan fingerprint density at radius 1 is 1.21 bits per heavy atom. The molecule has 2 heterocycles. The summed E-state index contributed by atoms with van der Waals surface area (Å²) in [7, 11) is 0. The van der Waals surface area contributed by atoms with E-state index in [1.807, 2.05) is 12.1 Å². The summed E-state index contributed by atoms with van der Waals surface area (Å²) in [6.45, 7) is 6.11. The molecule has 1 aromatic heterocycles. The van der Waals surface area contributed by atoms with Crippen LogP contribution in [0.1, 0.15) is 43.2 Å². The molecule has 0 unspecified atom stereocenters. The van der Waals surface area contributed by atoms with Crippen molar-refractivity contribution in [1.29, 1.82) is 0 Å². The third kappa shape index (κ3) is 4.32. The highest BCUT2D eigenvalue weighted by molar-refractivity contribution is 5.84. The highest BCUT2D eigenvalue weighted by Crippen LogP contribution is 2.20. The molecule has 1 amide bonds. The monoisotopic (exact) mass is 325 g/mol. The number of hydrogen-bond donors (Lipinski definition) is 1. The molecule has 1 saturated heterocycles. The number of carbonyl (C=O) groups excluding carboxylic acids is 1. The van der Waals surface area contributed by atoms with Crippen LogP contribution >= 0.6 is 0 Å². The van der Waals surface area contributed by atoms with Gasteiger partial charge in [-0.15, -0.1) is 0 Å². The van der Waals surface area contributed by atoms with Gasteiger partial charge in [0.1, 0.15) is 0 Å². The minimum absolute atomic E-state index is 0.146. The number of nitrogens with zero attached hydrogens (tertiary/aromatic N) is 2. The number of likely N-dealkylation sites (tertiary alicyclic amines) is 1. The van der Waals surface area contributed by atoms with Gasteiger partial charge >= 0.3 is 0 Å². The predicted molar refractivity (Wildman–Crippen MR) is 97.9 cm³/mol. The quantitative estimate of drug-likeness (QED) is 0.885. The van der Waals surface area contributed by atoms with E-state index in [0.29, 0.717) is 13.0 Å². The van der Waals surface area contributed by atoms with Crippen molar-refractivity contribution in [2.75, 3.05) is 19.6 Å². The molecule has 1 aromatic carbocycles. The van der Waals surface area contributed by atoms with Gasteiger partial charge in [0, 0.05) is 24.5 Å². The van der Waals surface area contributed by atoms with Gasteiger partial charge < -0.3 is 10.2 Å². The van der Waals surface area contributed by atoms with Crippen LogP contribution in [0.25, 0.3) is 10.9 Å². The molecule has 0 atom stereocenters. The average Bonchev–Trinajstić information content (AvgIpc) is 2.62. The number of benzene rings is 1. The van der Waals surface area contributed by atoms with Gasteiger partial charge in [-0.3, -0.25) is 9.78 Å². The lowest BCUT2D eigenvalue weighted by molar-refractivity contribution is -0.121. The number of fused-ring (bicyclic) bond motifs is 1. The highest BCUT2D eigenvalue weighted by atomic mass is 16.1. The number of amides is 1. The van der Waals surface area contributed by atoms with Crippen molar-refractivity contribution in [2.24, 2.45) is 0 Å². The van der Waals surface area contributed by atoms with Crippen LogP contribution in [0.2, 0.25) is 0 Å². The Kier molecular flexibility index (Phi) is 5.81. The third-order valence-electron chi connectivity index (χ3n) is 4.92. The maximum Gasteiger partial charge on any atom is 0.220 e. The first-order chi connectivity index (χ1) is 11.7. The lowest BCUT2D eigenvalue weighted by atomic mass is 10.0. The number of aromatic nitrogens is 1. The van der Waals surface area contributed by atoms with Crippen molar-refractivity contribution in [3.63, 3.8) is 0 Å². The normalized spacial score (nSPS) is 15.5. The smallest absolute Gasteiger partial charge is 0.220 e. The summed E-state index contributed by atoms with van der Waals surface area (Å²) in [5.41, 5.74) is 3.35. The zero-order valence-electron chi connectivity index (χ0n) is 14.6. The second-order valence-corrected chi connectivity index (χ2v) is 6.71. The van der Waals surface area contributed by atoms with E-state index in [9.17, 15) is 4.79 Å². The Morgan fingerprint density at radius 2 is 2.04 bits per heavy atom. The van der Waals surface area contributed by atoms with Crippen LogP contribution in [0.3, 0.4) is 0 Å². The fourth-order valence-corrected chi connectivity index (χ4v) is 3.48. The van der Waals surface area contributed by atoms with E-state index in [4.69, 9.17) is 0 Å². The van der Waals surface area contributed by atoms with Gasteiger partial charge in [0.05, 0.1) is 5.52 Å². The standard InChI is InChI=1S/C20H27N3O/c1-16-9-10-19-17(7-5-11-21-19)18(16)15-22-20(24)8-6-14-23-12-3-2-4-13-23/h5,7,9-11H,2-4,6,8,12-15H2,1H3,(H,22,24). The molecule has 0 bridgehead atoms. The maximum absolute atomic E-state index is 12.2. The zero-order chi connectivity index (χ0) is 16.8. The summed E-state index contributed by atoms with van der Waals surface area (Å²) in [5.74, 6) is 0.146. The van der Waals surface area contributed by atoms with E-state index in [-0.39, 0.29) is 5.91 Å². The van der Waals surface area contributed by atoms with E-state index in [1.54, 1.807) is 6.20 Å². The second kappa shape index (κ2) is 8.25. The van der Waals surface area contributed by atoms with Crippen molar-refractivity contribution >= 4 is 16.8 Å². The largest absolute Gasteiger partial charge is 0.352 e. The molecule has 4 heteroatoms. The van der Waals surface area contributed by atoms with Gasteiger partial charge in [-0.05, 0) is 69.1 Å². The third-order valence-corrected chi connectivity index (χ3v) is 4.92. The van der Waals surface area contributed by atoms with Crippen LogP contribution in [-0.2, 0) is 11.3 Å².